The molecule has 0 aromatic carbocycles. The van der Waals surface area contributed by atoms with Gasteiger partial charge in [0.05, 0.1) is 0 Å². The van der Waals surface area contributed by atoms with E-state index in [4.69, 9.17) is 14.2 Å². The Labute approximate surface area is 409 Å². The molecule has 66 heavy (non-hydrogen) atoms. The fourth-order valence-corrected chi connectivity index (χ4v) is 8.28. The number of allylic oxidation sites excluding steroid dienone is 8. The third-order valence-corrected chi connectivity index (χ3v) is 12.6. The molecule has 0 saturated carbocycles. The summed E-state index contributed by atoms with van der Waals surface area (Å²) in [7, 11) is 0. The third kappa shape index (κ3) is 52.3. The minimum atomic E-state index is -0.782. The van der Waals surface area contributed by atoms with Gasteiger partial charge >= 0.3 is 17.9 Å². The number of hydrogen-bond acceptors (Lipinski definition) is 6. The van der Waals surface area contributed by atoms with Crippen LogP contribution in [0.1, 0.15) is 297 Å². The van der Waals surface area contributed by atoms with Crippen molar-refractivity contribution in [2.75, 3.05) is 13.2 Å². The summed E-state index contributed by atoms with van der Waals surface area (Å²) in [5, 5.41) is 0. The van der Waals surface area contributed by atoms with Gasteiger partial charge in [0.1, 0.15) is 13.2 Å². The van der Waals surface area contributed by atoms with Crippen molar-refractivity contribution in [2.45, 2.75) is 303 Å². The maximum Gasteiger partial charge on any atom is 0.306 e. The fraction of sp³-hybridized carbons (Fsp3) is 0.817. The first-order valence-corrected chi connectivity index (χ1v) is 28.6. The van der Waals surface area contributed by atoms with Crippen LogP contribution >= 0.6 is 0 Å². The molecule has 0 spiro atoms. The number of unbranched alkanes of at least 4 members (excludes halogenated alkanes) is 33. The monoisotopic (exact) mass is 925 g/mol. The van der Waals surface area contributed by atoms with Gasteiger partial charge in [-0.25, -0.2) is 0 Å². The first-order chi connectivity index (χ1) is 32.5. The molecule has 0 aliphatic carbocycles. The minimum absolute atomic E-state index is 0.0826. The first-order valence-electron chi connectivity index (χ1n) is 28.6. The van der Waals surface area contributed by atoms with E-state index in [9.17, 15) is 14.4 Å². The summed E-state index contributed by atoms with van der Waals surface area (Å²) < 4.78 is 16.7. The van der Waals surface area contributed by atoms with Gasteiger partial charge in [0.15, 0.2) is 6.10 Å². The second kappa shape index (κ2) is 55.0. The molecule has 0 saturated heterocycles. The van der Waals surface area contributed by atoms with Gasteiger partial charge < -0.3 is 14.2 Å². The zero-order valence-electron chi connectivity index (χ0n) is 44.0. The van der Waals surface area contributed by atoms with Crippen molar-refractivity contribution in [1.29, 1.82) is 0 Å². The van der Waals surface area contributed by atoms with E-state index in [-0.39, 0.29) is 31.1 Å². The second-order valence-corrected chi connectivity index (χ2v) is 19.2. The molecule has 1 unspecified atom stereocenters. The number of hydrogen-bond donors (Lipinski definition) is 0. The van der Waals surface area contributed by atoms with Gasteiger partial charge in [0.25, 0.3) is 0 Å². The van der Waals surface area contributed by atoms with Crippen LogP contribution in [0, 0.1) is 0 Å². The Balaban J connectivity index is 3.99. The van der Waals surface area contributed by atoms with Crippen LogP contribution in [0.25, 0.3) is 0 Å². The standard InChI is InChI=1S/C60H108O6/c1-4-7-10-13-16-18-20-22-23-24-25-26-27-28-29-30-31-32-33-34-35-36-37-39-40-42-44-47-50-53-59(62)65-56-57(55-64-58(61)52-49-46-15-12-9-6-3)66-60(63)54-51-48-45-43-41-38-21-19-17-14-11-8-5-2/h8,11,17,19,24-25,38,41,57H,4-7,9-10,12-16,18,20-23,26-37,39-40,42-56H2,1-3H3/b11-8-,19-17-,25-24-,41-38-. The van der Waals surface area contributed by atoms with Gasteiger partial charge in [-0.1, -0.05) is 249 Å². The number of esters is 3. The number of carbonyl (C=O) groups is 3. The summed E-state index contributed by atoms with van der Waals surface area (Å²) in [6, 6.07) is 0. The van der Waals surface area contributed by atoms with Gasteiger partial charge in [-0.2, -0.15) is 0 Å². The van der Waals surface area contributed by atoms with Crippen molar-refractivity contribution in [3.8, 4) is 0 Å². The molecular weight excluding hydrogens is 817 g/mol. The molecule has 6 nitrogen and oxygen atoms in total. The Morgan fingerprint density at radius 1 is 0.318 bits per heavy atom. The maximum absolute atomic E-state index is 12.7. The van der Waals surface area contributed by atoms with Crippen LogP contribution in [0.5, 0.6) is 0 Å². The molecule has 0 aromatic rings. The van der Waals surface area contributed by atoms with Crippen LogP contribution < -0.4 is 0 Å². The van der Waals surface area contributed by atoms with Gasteiger partial charge in [-0.05, 0) is 77.0 Å². The highest BCUT2D eigenvalue weighted by molar-refractivity contribution is 5.71. The van der Waals surface area contributed by atoms with E-state index in [1.807, 2.05) is 0 Å². The Morgan fingerprint density at radius 2 is 0.591 bits per heavy atom. The molecule has 384 valence electrons. The highest BCUT2D eigenvalue weighted by atomic mass is 16.6. The lowest BCUT2D eigenvalue weighted by Gasteiger charge is -2.18. The Bertz CT molecular complexity index is 1150. The molecule has 0 fully saturated rings. The number of carbonyl (C=O) groups excluding carboxylic acids is 3. The molecule has 0 heterocycles. The third-order valence-electron chi connectivity index (χ3n) is 12.6. The molecule has 6 heteroatoms. The molecule has 0 N–H and O–H groups in total. The van der Waals surface area contributed by atoms with E-state index in [2.05, 4.69) is 69.4 Å². The summed E-state index contributed by atoms with van der Waals surface area (Å²) >= 11 is 0. The average molecular weight is 926 g/mol. The van der Waals surface area contributed by atoms with E-state index in [1.165, 1.54) is 173 Å². The van der Waals surface area contributed by atoms with E-state index in [1.54, 1.807) is 0 Å². The van der Waals surface area contributed by atoms with Crippen LogP contribution in [0.3, 0.4) is 0 Å². The summed E-state index contributed by atoms with van der Waals surface area (Å²) in [5.41, 5.74) is 0. The molecule has 1 atom stereocenters. The second-order valence-electron chi connectivity index (χ2n) is 19.2. The lowest BCUT2D eigenvalue weighted by atomic mass is 10.0. The van der Waals surface area contributed by atoms with Crippen LogP contribution in [-0.4, -0.2) is 37.2 Å². The van der Waals surface area contributed by atoms with Crippen LogP contribution in [-0.2, 0) is 28.6 Å². The Kier molecular flexibility index (Phi) is 52.8. The van der Waals surface area contributed by atoms with Gasteiger partial charge in [-0.15, -0.1) is 0 Å². The van der Waals surface area contributed by atoms with Gasteiger partial charge in [0, 0.05) is 19.3 Å². The highest BCUT2D eigenvalue weighted by Gasteiger charge is 2.19. The molecule has 0 amide bonds. The summed E-state index contributed by atoms with van der Waals surface area (Å²) in [6.07, 6.45) is 67.3. The van der Waals surface area contributed by atoms with Crippen LogP contribution in [0.4, 0.5) is 0 Å². The van der Waals surface area contributed by atoms with Crippen molar-refractivity contribution in [1.82, 2.24) is 0 Å². The van der Waals surface area contributed by atoms with E-state index >= 15 is 0 Å². The summed E-state index contributed by atoms with van der Waals surface area (Å²) in [6.45, 7) is 6.46. The number of ether oxygens (including phenoxy) is 3. The predicted molar refractivity (Wildman–Crippen MR) is 284 cm³/mol. The molecule has 0 rings (SSSR count). The lowest BCUT2D eigenvalue weighted by molar-refractivity contribution is -0.167. The topological polar surface area (TPSA) is 78.9 Å². The largest absolute Gasteiger partial charge is 0.462 e. The normalized spacial score (nSPS) is 12.3. The van der Waals surface area contributed by atoms with Gasteiger partial charge in [0.2, 0.25) is 0 Å². The summed E-state index contributed by atoms with van der Waals surface area (Å²) in [5.74, 6) is -0.913. The lowest BCUT2D eigenvalue weighted by Crippen LogP contribution is -2.30. The van der Waals surface area contributed by atoms with E-state index in [0.29, 0.717) is 19.3 Å². The van der Waals surface area contributed by atoms with Crippen molar-refractivity contribution in [3.05, 3.63) is 48.6 Å². The number of rotatable bonds is 52. The molecule has 0 aromatic heterocycles. The zero-order chi connectivity index (χ0) is 47.9. The Hall–Kier alpha value is -2.63. The minimum Gasteiger partial charge on any atom is -0.462 e. The quantitative estimate of drug-likeness (QED) is 0.0262. The van der Waals surface area contributed by atoms with Crippen LogP contribution in [0.15, 0.2) is 48.6 Å². The highest BCUT2D eigenvalue weighted by Crippen LogP contribution is 2.16. The molecule has 0 aliphatic rings. The average Bonchev–Trinajstić information content (AvgIpc) is 3.31. The van der Waals surface area contributed by atoms with Gasteiger partial charge in [-0.3, -0.25) is 14.4 Å². The molecule has 0 aliphatic heterocycles. The summed E-state index contributed by atoms with van der Waals surface area (Å²) in [4.78, 5) is 37.7. The van der Waals surface area contributed by atoms with Crippen molar-refractivity contribution < 1.29 is 28.6 Å². The van der Waals surface area contributed by atoms with E-state index in [0.717, 1.165) is 83.5 Å². The zero-order valence-corrected chi connectivity index (χ0v) is 44.0. The Morgan fingerprint density at radius 3 is 0.955 bits per heavy atom. The van der Waals surface area contributed by atoms with Crippen molar-refractivity contribution >= 4 is 17.9 Å². The smallest absolute Gasteiger partial charge is 0.306 e. The van der Waals surface area contributed by atoms with Crippen molar-refractivity contribution in [2.24, 2.45) is 0 Å². The van der Waals surface area contributed by atoms with Crippen molar-refractivity contribution in [3.63, 3.8) is 0 Å². The van der Waals surface area contributed by atoms with E-state index < -0.39 is 6.10 Å². The molecule has 0 bridgehead atoms. The first kappa shape index (κ1) is 63.4. The predicted octanol–water partition coefficient (Wildman–Crippen LogP) is 19.0. The molecule has 0 radical (unpaired) electrons. The molecular formula is C60H108O6. The SMILES string of the molecule is CC/C=C\C/C=C\C/C=C\CCCCCC(=O)OC(COC(=O)CCCCCCCC)COC(=O)CCCCCCCCCCCCCCCCCCC/C=C\CCCCCCCCCC. The van der Waals surface area contributed by atoms with Crippen LogP contribution in [0.2, 0.25) is 0 Å². The maximum atomic E-state index is 12.7. The fourth-order valence-electron chi connectivity index (χ4n) is 8.28.